The summed E-state index contributed by atoms with van der Waals surface area (Å²) in [6, 6.07) is 29.6. The molecule has 2 fully saturated rings. The van der Waals surface area contributed by atoms with Gasteiger partial charge in [0.2, 0.25) is 0 Å². The van der Waals surface area contributed by atoms with Crippen LogP contribution >= 0.6 is 0 Å². The summed E-state index contributed by atoms with van der Waals surface area (Å²) in [4.78, 5) is 26.9. The van der Waals surface area contributed by atoms with Gasteiger partial charge in [-0.2, -0.15) is 0 Å². The summed E-state index contributed by atoms with van der Waals surface area (Å²) in [7, 11) is 1.65. The maximum absolute atomic E-state index is 12.8. The molecule has 0 amide bonds. The summed E-state index contributed by atoms with van der Waals surface area (Å²) in [5, 5.41) is 0. The fraction of sp³-hybridized carbons (Fsp3) is 0.353. The van der Waals surface area contributed by atoms with Crippen LogP contribution in [-0.4, -0.2) is 42.1 Å². The van der Waals surface area contributed by atoms with Crippen molar-refractivity contribution < 1.29 is 18.9 Å². The van der Waals surface area contributed by atoms with Crippen LogP contribution in [0.15, 0.2) is 107 Å². The highest BCUT2D eigenvalue weighted by Gasteiger charge is 2.55. The second-order valence-electron chi connectivity index (χ2n) is 11.3. The number of nitrogens with one attached hydrogen (secondary N) is 1. The van der Waals surface area contributed by atoms with Gasteiger partial charge in [0.1, 0.15) is 17.5 Å². The maximum Gasteiger partial charge on any atom is 0.330 e. The second-order valence-corrected chi connectivity index (χ2v) is 11.3. The molecule has 2 aliphatic rings. The third-order valence-corrected chi connectivity index (χ3v) is 8.68. The van der Waals surface area contributed by atoms with Gasteiger partial charge in [0, 0.05) is 18.2 Å². The van der Waals surface area contributed by atoms with Crippen LogP contribution in [0.2, 0.25) is 0 Å². The van der Waals surface area contributed by atoms with E-state index in [1.807, 2.05) is 60.7 Å². The largest absolute Gasteiger partial charge is 0.497 e. The Kier molecular flexibility index (Phi) is 7.86. The van der Waals surface area contributed by atoms with E-state index in [2.05, 4.69) is 43.1 Å². The maximum atomic E-state index is 12.8. The SMILES string of the molecule is COc1ccc(C(OC[C@H]2O[C@@H](n3ccc(=O)[nH]c3=O)[C@H]3OCC(C(C)C)[C@H]32)(c2ccccc2)c2ccccc2)cc1. The molecule has 5 atom stereocenters. The van der Waals surface area contributed by atoms with Gasteiger partial charge in [-0.3, -0.25) is 14.3 Å². The van der Waals surface area contributed by atoms with Gasteiger partial charge in [0.15, 0.2) is 6.23 Å². The molecule has 1 unspecified atom stereocenters. The van der Waals surface area contributed by atoms with Crippen molar-refractivity contribution in [2.45, 2.75) is 37.9 Å². The Morgan fingerprint density at radius 3 is 2.10 bits per heavy atom. The predicted octanol–water partition coefficient (Wildman–Crippen LogP) is 4.74. The number of H-pyrrole nitrogens is 1. The van der Waals surface area contributed by atoms with Crippen LogP contribution in [0.3, 0.4) is 0 Å². The number of aromatic amines is 1. The Morgan fingerprint density at radius 2 is 1.52 bits per heavy atom. The van der Waals surface area contributed by atoms with Crippen molar-refractivity contribution >= 4 is 0 Å². The topological polar surface area (TPSA) is 91.8 Å². The molecule has 2 aliphatic heterocycles. The van der Waals surface area contributed by atoms with Crippen LogP contribution in [0.1, 0.15) is 36.8 Å². The zero-order valence-electron chi connectivity index (χ0n) is 24.0. The molecule has 42 heavy (non-hydrogen) atoms. The van der Waals surface area contributed by atoms with Crippen molar-refractivity contribution in [3.05, 3.63) is 135 Å². The highest BCUT2D eigenvalue weighted by Crippen LogP contribution is 2.48. The lowest BCUT2D eigenvalue weighted by Crippen LogP contribution is -2.39. The first-order valence-corrected chi connectivity index (χ1v) is 14.4. The number of hydrogen-bond donors (Lipinski definition) is 1. The minimum atomic E-state index is -0.951. The number of nitrogens with zero attached hydrogens (tertiary/aromatic N) is 1. The van der Waals surface area contributed by atoms with E-state index in [-0.39, 0.29) is 30.7 Å². The second kappa shape index (κ2) is 11.7. The predicted molar refractivity (Wildman–Crippen MR) is 159 cm³/mol. The highest BCUT2D eigenvalue weighted by molar-refractivity contribution is 5.48. The average Bonchev–Trinajstić information content (AvgIpc) is 3.60. The number of hydrogen-bond acceptors (Lipinski definition) is 6. The normalized spacial score (nSPS) is 23.7. The lowest BCUT2D eigenvalue weighted by molar-refractivity contribution is -0.107. The zero-order chi connectivity index (χ0) is 29.3. The monoisotopic (exact) mass is 568 g/mol. The van der Waals surface area contributed by atoms with Crippen LogP contribution in [-0.2, 0) is 19.8 Å². The summed E-state index contributed by atoms with van der Waals surface area (Å²) >= 11 is 0. The van der Waals surface area contributed by atoms with Crippen LogP contribution in [0.4, 0.5) is 0 Å². The molecule has 3 heterocycles. The van der Waals surface area contributed by atoms with Gasteiger partial charge in [0.25, 0.3) is 5.56 Å². The number of ether oxygens (including phenoxy) is 4. The molecule has 8 heteroatoms. The number of rotatable bonds is 9. The van der Waals surface area contributed by atoms with E-state index in [1.54, 1.807) is 7.11 Å². The van der Waals surface area contributed by atoms with E-state index >= 15 is 0 Å². The third kappa shape index (κ3) is 5.00. The van der Waals surface area contributed by atoms with Crippen LogP contribution in [0, 0.1) is 17.8 Å². The Bertz CT molecular complexity index is 1560. The molecule has 4 aromatic rings. The van der Waals surface area contributed by atoms with Gasteiger partial charge in [-0.15, -0.1) is 0 Å². The lowest BCUT2D eigenvalue weighted by atomic mass is 9.79. The molecule has 1 aromatic heterocycles. The van der Waals surface area contributed by atoms with Crippen molar-refractivity contribution in [1.82, 2.24) is 9.55 Å². The minimum absolute atomic E-state index is 0.00561. The van der Waals surface area contributed by atoms with Gasteiger partial charge in [-0.05, 0) is 40.7 Å². The smallest absolute Gasteiger partial charge is 0.330 e. The van der Waals surface area contributed by atoms with Crippen molar-refractivity contribution in [3.63, 3.8) is 0 Å². The molecule has 0 saturated carbocycles. The molecular weight excluding hydrogens is 532 g/mol. The molecule has 3 aromatic carbocycles. The summed E-state index contributed by atoms with van der Waals surface area (Å²) in [5.74, 6) is 1.31. The van der Waals surface area contributed by atoms with Crippen LogP contribution in [0.25, 0.3) is 0 Å². The van der Waals surface area contributed by atoms with E-state index < -0.39 is 23.1 Å². The molecular formula is C34H36N2O6. The minimum Gasteiger partial charge on any atom is -0.497 e. The Labute approximate surface area is 244 Å². The molecule has 0 radical (unpaired) electrons. The fourth-order valence-electron chi connectivity index (χ4n) is 6.56. The van der Waals surface area contributed by atoms with E-state index in [0.717, 1.165) is 22.4 Å². The average molecular weight is 569 g/mol. The molecule has 0 aliphatic carbocycles. The molecule has 8 nitrogen and oxygen atoms in total. The van der Waals surface area contributed by atoms with Gasteiger partial charge in [-0.25, -0.2) is 4.79 Å². The highest BCUT2D eigenvalue weighted by atomic mass is 16.6. The fourth-order valence-corrected chi connectivity index (χ4v) is 6.56. The van der Waals surface area contributed by atoms with E-state index in [0.29, 0.717) is 12.5 Å². The van der Waals surface area contributed by atoms with Crippen molar-refractivity contribution in [3.8, 4) is 5.75 Å². The van der Waals surface area contributed by atoms with Crippen LogP contribution in [0.5, 0.6) is 5.75 Å². The number of methoxy groups -OCH3 is 1. The van der Waals surface area contributed by atoms with Crippen molar-refractivity contribution in [1.29, 1.82) is 0 Å². The number of aromatic nitrogens is 2. The standard InChI is InChI=1S/C34H36N2O6/c1-22(2)27-20-40-31-30(27)28(42-32(31)36-19-18-29(37)35-33(36)38)21-41-34(23-10-6-4-7-11-23,24-12-8-5-9-13-24)25-14-16-26(39-3)17-15-25/h4-19,22,27-28,30-32H,20-21H2,1-3H3,(H,35,37,38)/t27?,28-,30+,31+,32-/m1/s1. The first-order chi connectivity index (χ1) is 20.4. The molecule has 2 saturated heterocycles. The molecule has 0 spiro atoms. The summed E-state index contributed by atoms with van der Waals surface area (Å²) < 4.78 is 27.0. The Hall–Kier alpha value is -3.98. The first kappa shape index (κ1) is 28.2. The molecule has 1 N–H and O–H groups in total. The van der Waals surface area contributed by atoms with Crippen molar-refractivity contribution in [2.24, 2.45) is 17.8 Å². The zero-order valence-corrected chi connectivity index (χ0v) is 24.0. The molecule has 0 bridgehead atoms. The lowest BCUT2D eigenvalue weighted by Gasteiger charge is -2.37. The van der Waals surface area contributed by atoms with Gasteiger partial charge in [0.05, 0.1) is 26.4 Å². The third-order valence-electron chi connectivity index (χ3n) is 8.68. The Morgan fingerprint density at radius 1 is 0.905 bits per heavy atom. The van der Waals surface area contributed by atoms with E-state index in [1.165, 1.54) is 16.8 Å². The summed E-state index contributed by atoms with van der Waals surface area (Å²) in [6.07, 6.45) is 0.0890. The quantitative estimate of drug-likeness (QED) is 0.294. The first-order valence-electron chi connectivity index (χ1n) is 14.4. The number of fused-ring (bicyclic) bond motifs is 1. The summed E-state index contributed by atoms with van der Waals surface area (Å²) in [6.45, 7) is 5.19. The summed E-state index contributed by atoms with van der Waals surface area (Å²) in [5.41, 5.74) is 0.984. The van der Waals surface area contributed by atoms with Gasteiger partial charge >= 0.3 is 5.69 Å². The van der Waals surface area contributed by atoms with Gasteiger partial charge in [-0.1, -0.05) is 86.6 Å². The van der Waals surface area contributed by atoms with Crippen molar-refractivity contribution in [2.75, 3.05) is 20.3 Å². The number of benzene rings is 3. The molecule has 218 valence electrons. The van der Waals surface area contributed by atoms with E-state index in [4.69, 9.17) is 18.9 Å². The molecule has 6 rings (SSSR count). The van der Waals surface area contributed by atoms with Crippen LogP contribution < -0.4 is 16.0 Å². The van der Waals surface area contributed by atoms with E-state index in [9.17, 15) is 9.59 Å². The van der Waals surface area contributed by atoms with Gasteiger partial charge < -0.3 is 18.9 Å². The Balaban J connectivity index is 1.43.